The molecule has 2 aromatic carbocycles. The minimum atomic E-state index is -0.00665. The summed E-state index contributed by atoms with van der Waals surface area (Å²) in [4.78, 5) is 12.1. The zero-order valence-corrected chi connectivity index (χ0v) is 12.6. The number of hydrazine groups is 1. The monoisotopic (exact) mass is 302 g/mol. The standard InChI is InChI=1S/C17H19ClN2O/c18-14-8-7-13-17(21)19-20(15-9-3-1-4-10-15)16-11-5-2-6-12-16/h1-6,9-12H,7-8,13-14H2,(H,19,21). The summed E-state index contributed by atoms with van der Waals surface area (Å²) in [6.45, 7) is 0. The number of anilines is 2. The number of hydrogen-bond acceptors (Lipinski definition) is 2. The quantitative estimate of drug-likeness (QED) is 0.471. The second kappa shape index (κ2) is 8.32. The highest BCUT2D eigenvalue weighted by Crippen LogP contribution is 2.22. The van der Waals surface area contributed by atoms with Crippen molar-refractivity contribution >= 4 is 28.9 Å². The van der Waals surface area contributed by atoms with Gasteiger partial charge in [-0.2, -0.15) is 0 Å². The smallest absolute Gasteiger partial charge is 0.238 e. The van der Waals surface area contributed by atoms with Crippen molar-refractivity contribution < 1.29 is 4.79 Å². The fourth-order valence-electron chi connectivity index (χ4n) is 1.99. The number of alkyl halides is 1. The lowest BCUT2D eigenvalue weighted by atomic mass is 10.2. The minimum Gasteiger partial charge on any atom is -0.273 e. The molecule has 0 saturated heterocycles. The molecule has 3 nitrogen and oxygen atoms in total. The van der Waals surface area contributed by atoms with Crippen molar-refractivity contribution in [2.24, 2.45) is 0 Å². The summed E-state index contributed by atoms with van der Waals surface area (Å²) in [5.41, 5.74) is 4.81. The van der Waals surface area contributed by atoms with Crippen LogP contribution < -0.4 is 10.4 Å². The van der Waals surface area contributed by atoms with Gasteiger partial charge in [-0.15, -0.1) is 11.6 Å². The van der Waals surface area contributed by atoms with Crippen molar-refractivity contribution in [1.29, 1.82) is 0 Å². The molecule has 0 bridgehead atoms. The molecule has 21 heavy (non-hydrogen) atoms. The van der Waals surface area contributed by atoms with Crippen LogP contribution in [0.4, 0.5) is 11.4 Å². The highest BCUT2D eigenvalue weighted by Gasteiger charge is 2.11. The number of rotatable bonds is 7. The Morgan fingerprint density at radius 2 is 1.43 bits per heavy atom. The third-order valence-corrected chi connectivity index (χ3v) is 3.32. The van der Waals surface area contributed by atoms with E-state index in [9.17, 15) is 4.79 Å². The average Bonchev–Trinajstić information content (AvgIpc) is 2.54. The summed E-state index contributed by atoms with van der Waals surface area (Å²) in [5.74, 6) is 0.585. The number of benzene rings is 2. The van der Waals surface area contributed by atoms with E-state index >= 15 is 0 Å². The maximum absolute atomic E-state index is 12.1. The van der Waals surface area contributed by atoms with Gasteiger partial charge < -0.3 is 0 Å². The molecule has 4 heteroatoms. The number of para-hydroxylation sites is 2. The van der Waals surface area contributed by atoms with Gasteiger partial charge in [-0.1, -0.05) is 36.4 Å². The molecule has 0 heterocycles. The Morgan fingerprint density at radius 3 is 1.90 bits per heavy atom. The molecule has 0 atom stereocenters. The third-order valence-electron chi connectivity index (χ3n) is 3.05. The molecule has 0 aliphatic rings. The molecule has 0 spiro atoms. The van der Waals surface area contributed by atoms with Crippen LogP contribution in [-0.4, -0.2) is 11.8 Å². The van der Waals surface area contributed by atoms with E-state index in [4.69, 9.17) is 11.6 Å². The first kappa shape index (κ1) is 15.4. The summed E-state index contributed by atoms with van der Waals surface area (Å²) in [6.07, 6.45) is 2.13. The van der Waals surface area contributed by atoms with Crippen LogP contribution in [-0.2, 0) is 4.79 Å². The third kappa shape index (κ3) is 4.80. The predicted molar refractivity (Wildman–Crippen MR) is 87.7 cm³/mol. The highest BCUT2D eigenvalue weighted by molar-refractivity contribution is 6.17. The van der Waals surface area contributed by atoms with Gasteiger partial charge in [0.15, 0.2) is 0 Å². The fraction of sp³-hybridized carbons (Fsp3) is 0.235. The number of nitrogens with zero attached hydrogens (tertiary/aromatic N) is 1. The van der Waals surface area contributed by atoms with Crippen LogP contribution in [0.15, 0.2) is 60.7 Å². The summed E-state index contributed by atoms with van der Waals surface area (Å²) in [6, 6.07) is 19.6. The molecule has 2 rings (SSSR count). The Morgan fingerprint density at radius 1 is 0.905 bits per heavy atom. The molecular formula is C17H19ClN2O. The molecule has 1 amide bonds. The number of nitrogens with one attached hydrogen (secondary N) is 1. The number of unbranched alkanes of at least 4 members (excludes halogenated alkanes) is 1. The SMILES string of the molecule is O=C(CCCCCl)NN(c1ccccc1)c1ccccc1. The maximum atomic E-state index is 12.1. The van der Waals surface area contributed by atoms with Crippen molar-refractivity contribution in [2.45, 2.75) is 19.3 Å². The zero-order chi connectivity index (χ0) is 14.9. The molecule has 0 fully saturated rings. The van der Waals surface area contributed by atoms with Crippen molar-refractivity contribution in [2.75, 3.05) is 10.9 Å². The molecule has 0 radical (unpaired) electrons. The number of hydrogen-bond donors (Lipinski definition) is 1. The van der Waals surface area contributed by atoms with Gasteiger partial charge in [0.25, 0.3) is 0 Å². The van der Waals surface area contributed by atoms with Crippen molar-refractivity contribution in [3.05, 3.63) is 60.7 Å². The van der Waals surface area contributed by atoms with E-state index < -0.39 is 0 Å². The molecule has 0 unspecified atom stereocenters. The molecule has 0 aliphatic carbocycles. The van der Waals surface area contributed by atoms with E-state index in [1.807, 2.05) is 65.7 Å². The molecule has 2 aromatic rings. The fourth-order valence-corrected chi connectivity index (χ4v) is 2.18. The topological polar surface area (TPSA) is 32.3 Å². The van der Waals surface area contributed by atoms with E-state index in [1.165, 1.54) is 0 Å². The Kier molecular flexibility index (Phi) is 6.10. The van der Waals surface area contributed by atoms with Gasteiger partial charge in [0, 0.05) is 12.3 Å². The molecule has 0 aliphatic heterocycles. The molecule has 0 aromatic heterocycles. The van der Waals surface area contributed by atoms with Crippen LogP contribution in [0.1, 0.15) is 19.3 Å². The Hall–Kier alpha value is -2.00. The van der Waals surface area contributed by atoms with E-state index in [-0.39, 0.29) is 5.91 Å². The first-order valence-electron chi connectivity index (χ1n) is 7.07. The van der Waals surface area contributed by atoms with Crippen molar-refractivity contribution in [1.82, 2.24) is 5.43 Å². The van der Waals surface area contributed by atoms with Crippen LogP contribution in [0.2, 0.25) is 0 Å². The lowest BCUT2D eigenvalue weighted by Gasteiger charge is -2.25. The second-order valence-corrected chi connectivity index (χ2v) is 5.07. The zero-order valence-electron chi connectivity index (χ0n) is 11.8. The summed E-state index contributed by atoms with van der Waals surface area (Å²) in [7, 11) is 0. The molecule has 110 valence electrons. The van der Waals surface area contributed by atoms with Crippen LogP contribution in [0.25, 0.3) is 0 Å². The van der Waals surface area contributed by atoms with Crippen LogP contribution >= 0.6 is 11.6 Å². The first-order valence-corrected chi connectivity index (χ1v) is 7.60. The van der Waals surface area contributed by atoms with Gasteiger partial charge in [0.05, 0.1) is 11.4 Å². The van der Waals surface area contributed by atoms with Gasteiger partial charge in [0.1, 0.15) is 0 Å². The largest absolute Gasteiger partial charge is 0.273 e. The predicted octanol–water partition coefficient (Wildman–Crippen LogP) is 4.27. The normalized spacial score (nSPS) is 10.1. The summed E-state index contributed by atoms with van der Waals surface area (Å²) >= 11 is 5.64. The number of carbonyl (C=O) groups is 1. The van der Waals surface area contributed by atoms with E-state index in [0.717, 1.165) is 24.2 Å². The first-order chi connectivity index (χ1) is 10.3. The number of halogens is 1. The Bertz CT molecular complexity index is 506. The van der Waals surface area contributed by atoms with E-state index in [0.29, 0.717) is 12.3 Å². The molecule has 0 saturated carbocycles. The van der Waals surface area contributed by atoms with Gasteiger partial charge >= 0.3 is 0 Å². The Labute approximate surface area is 130 Å². The van der Waals surface area contributed by atoms with Crippen LogP contribution in [0, 0.1) is 0 Å². The van der Waals surface area contributed by atoms with Crippen molar-refractivity contribution in [3.63, 3.8) is 0 Å². The second-order valence-electron chi connectivity index (χ2n) is 4.69. The van der Waals surface area contributed by atoms with E-state index in [1.54, 1.807) is 0 Å². The highest BCUT2D eigenvalue weighted by atomic mass is 35.5. The number of carbonyl (C=O) groups excluding carboxylic acids is 1. The Balaban J connectivity index is 2.12. The lowest BCUT2D eigenvalue weighted by Crippen LogP contribution is -2.38. The lowest BCUT2D eigenvalue weighted by molar-refractivity contribution is -0.121. The summed E-state index contributed by atoms with van der Waals surface area (Å²) < 4.78 is 0. The van der Waals surface area contributed by atoms with E-state index in [2.05, 4.69) is 5.43 Å². The maximum Gasteiger partial charge on any atom is 0.238 e. The molecule has 1 N–H and O–H groups in total. The van der Waals surface area contributed by atoms with Gasteiger partial charge in [0.2, 0.25) is 5.91 Å². The van der Waals surface area contributed by atoms with Crippen molar-refractivity contribution in [3.8, 4) is 0 Å². The van der Waals surface area contributed by atoms with Crippen LogP contribution in [0.3, 0.4) is 0 Å². The summed E-state index contributed by atoms with van der Waals surface area (Å²) in [5, 5.41) is 1.81. The number of amides is 1. The van der Waals surface area contributed by atoms with Crippen LogP contribution in [0.5, 0.6) is 0 Å². The van der Waals surface area contributed by atoms with Gasteiger partial charge in [-0.3, -0.25) is 15.2 Å². The van der Waals surface area contributed by atoms with Gasteiger partial charge in [-0.05, 0) is 37.1 Å². The van der Waals surface area contributed by atoms with Gasteiger partial charge in [-0.25, -0.2) is 0 Å². The molecular weight excluding hydrogens is 284 g/mol. The minimum absolute atomic E-state index is 0.00665. The average molecular weight is 303 g/mol.